The van der Waals surface area contributed by atoms with Gasteiger partial charge in [-0.25, -0.2) is 9.38 Å². The first-order valence-electron chi connectivity index (χ1n) is 5.93. The van der Waals surface area contributed by atoms with Gasteiger partial charge in [-0.3, -0.25) is 0 Å². The summed E-state index contributed by atoms with van der Waals surface area (Å²) in [5, 5.41) is 0. The summed E-state index contributed by atoms with van der Waals surface area (Å²) in [5.41, 5.74) is 1.50. The van der Waals surface area contributed by atoms with Crippen molar-refractivity contribution in [3.05, 3.63) is 35.6 Å². The monoisotopic (exact) mass is 290 g/mol. The van der Waals surface area contributed by atoms with Gasteiger partial charge in [-0.05, 0) is 19.9 Å². The molecule has 20 heavy (non-hydrogen) atoms. The number of hydrogen-bond donors (Lipinski definition) is 1. The predicted molar refractivity (Wildman–Crippen MR) is 65.5 cm³/mol. The van der Waals surface area contributed by atoms with Crippen molar-refractivity contribution in [2.45, 2.75) is 37.6 Å². The zero-order valence-electron chi connectivity index (χ0n) is 11.0. The number of alkyl halides is 3. The largest absolute Gasteiger partial charge is 0.449 e. The highest BCUT2D eigenvalue weighted by Gasteiger charge is 2.59. The fraction of sp³-hybridized carbons (Fsp3) is 0.462. The van der Waals surface area contributed by atoms with Gasteiger partial charge in [0.2, 0.25) is 5.60 Å². The number of aliphatic imine (C=N–C) groups is 1. The van der Waals surface area contributed by atoms with E-state index in [1.54, 1.807) is 0 Å². The molecule has 3 nitrogen and oxygen atoms in total. The van der Waals surface area contributed by atoms with Gasteiger partial charge in [0.1, 0.15) is 5.82 Å². The van der Waals surface area contributed by atoms with Crippen molar-refractivity contribution in [1.29, 1.82) is 0 Å². The van der Waals surface area contributed by atoms with E-state index in [1.165, 1.54) is 31.2 Å². The van der Waals surface area contributed by atoms with Crippen LogP contribution < -0.4 is 5.73 Å². The molecule has 0 aromatic heterocycles. The lowest BCUT2D eigenvalue weighted by Gasteiger charge is -2.42. The Morgan fingerprint density at radius 2 is 1.85 bits per heavy atom. The molecule has 0 radical (unpaired) electrons. The highest BCUT2D eigenvalue weighted by atomic mass is 19.4. The van der Waals surface area contributed by atoms with Gasteiger partial charge in [0.05, 0.1) is 5.54 Å². The fourth-order valence-electron chi connectivity index (χ4n) is 2.44. The second-order valence-corrected chi connectivity index (χ2v) is 5.21. The van der Waals surface area contributed by atoms with Crippen molar-refractivity contribution >= 4 is 6.02 Å². The zero-order chi connectivity index (χ0) is 15.2. The number of amidine groups is 1. The molecular formula is C13H14F4N2O. The summed E-state index contributed by atoms with van der Waals surface area (Å²) in [4.78, 5) is 3.89. The van der Waals surface area contributed by atoms with Crippen LogP contribution in [-0.2, 0) is 10.3 Å². The number of ether oxygens (including phenoxy) is 1. The van der Waals surface area contributed by atoms with E-state index in [4.69, 9.17) is 5.73 Å². The Kier molecular flexibility index (Phi) is 3.19. The molecule has 0 saturated carbocycles. The van der Waals surface area contributed by atoms with Crippen LogP contribution in [0.5, 0.6) is 0 Å². The summed E-state index contributed by atoms with van der Waals surface area (Å²) >= 11 is 0. The Morgan fingerprint density at radius 3 is 2.40 bits per heavy atom. The van der Waals surface area contributed by atoms with Crippen molar-refractivity contribution in [3.63, 3.8) is 0 Å². The lowest BCUT2D eigenvalue weighted by molar-refractivity contribution is -0.257. The standard InChI is InChI=1S/C13H14F4N2O/c1-11(8-5-3-4-6-9(8)14)7-12(2,13(15,16)17)20-10(18)19-11/h3-6H,7H2,1-2H3,(H2,18,19)/t11-,12-/m0/s1. The van der Waals surface area contributed by atoms with Crippen LogP contribution >= 0.6 is 0 Å². The summed E-state index contributed by atoms with van der Waals surface area (Å²) in [5.74, 6) is -0.627. The number of benzene rings is 1. The molecule has 0 fully saturated rings. The molecule has 2 rings (SSSR count). The van der Waals surface area contributed by atoms with Gasteiger partial charge < -0.3 is 10.5 Å². The van der Waals surface area contributed by atoms with Gasteiger partial charge in [0.15, 0.2) is 0 Å². The molecule has 0 amide bonds. The maximum Gasteiger partial charge on any atom is 0.428 e. The Balaban J connectivity index is 2.52. The van der Waals surface area contributed by atoms with E-state index in [9.17, 15) is 17.6 Å². The normalized spacial score (nSPS) is 30.6. The van der Waals surface area contributed by atoms with Crippen LogP contribution in [-0.4, -0.2) is 17.8 Å². The van der Waals surface area contributed by atoms with Crippen LogP contribution in [0.2, 0.25) is 0 Å². The van der Waals surface area contributed by atoms with Crippen LogP contribution in [0.4, 0.5) is 17.6 Å². The van der Waals surface area contributed by atoms with E-state index in [0.29, 0.717) is 0 Å². The van der Waals surface area contributed by atoms with Gasteiger partial charge >= 0.3 is 6.18 Å². The highest BCUT2D eigenvalue weighted by Crippen LogP contribution is 2.46. The van der Waals surface area contributed by atoms with E-state index in [-0.39, 0.29) is 5.56 Å². The lowest BCUT2D eigenvalue weighted by Crippen LogP contribution is -2.54. The van der Waals surface area contributed by atoms with E-state index in [2.05, 4.69) is 9.73 Å². The van der Waals surface area contributed by atoms with Gasteiger partial charge in [-0.2, -0.15) is 13.2 Å². The average Bonchev–Trinajstić information content (AvgIpc) is 2.25. The molecule has 7 heteroatoms. The zero-order valence-corrected chi connectivity index (χ0v) is 11.0. The first-order chi connectivity index (χ1) is 9.07. The summed E-state index contributed by atoms with van der Waals surface area (Å²) in [6.07, 6.45) is -5.19. The Labute approximate surface area is 113 Å². The number of hydrogen-bond acceptors (Lipinski definition) is 3. The summed E-state index contributed by atoms with van der Waals surface area (Å²) in [6, 6.07) is 4.97. The summed E-state index contributed by atoms with van der Waals surface area (Å²) in [7, 11) is 0. The molecule has 1 aliphatic heterocycles. The number of nitrogens with two attached hydrogens (primary N) is 1. The fourth-order valence-corrected chi connectivity index (χ4v) is 2.44. The average molecular weight is 290 g/mol. The van der Waals surface area contributed by atoms with Crippen molar-refractivity contribution in [3.8, 4) is 0 Å². The molecule has 1 heterocycles. The van der Waals surface area contributed by atoms with Crippen LogP contribution in [0, 0.1) is 5.82 Å². The lowest BCUT2D eigenvalue weighted by atomic mass is 9.80. The molecule has 0 saturated heterocycles. The number of rotatable bonds is 1. The molecule has 110 valence electrons. The minimum atomic E-state index is -4.64. The first-order valence-corrected chi connectivity index (χ1v) is 5.93. The third-order valence-corrected chi connectivity index (χ3v) is 3.42. The van der Waals surface area contributed by atoms with E-state index in [0.717, 1.165) is 6.92 Å². The third-order valence-electron chi connectivity index (χ3n) is 3.42. The molecule has 1 aromatic rings. The smallest absolute Gasteiger partial charge is 0.428 e. The number of nitrogens with zero attached hydrogens (tertiary/aromatic N) is 1. The van der Waals surface area contributed by atoms with Crippen molar-refractivity contribution in [2.75, 3.05) is 0 Å². The predicted octanol–water partition coefficient (Wildman–Crippen LogP) is 3.10. The summed E-state index contributed by atoms with van der Waals surface area (Å²) in [6.45, 7) is 2.29. The SMILES string of the molecule is C[C@@]1(c2ccccc2F)C[C@@](C)(C(F)(F)F)OC(N)=N1. The van der Waals surface area contributed by atoms with Gasteiger partial charge in [-0.15, -0.1) is 0 Å². The number of halogens is 4. The van der Waals surface area contributed by atoms with Gasteiger partial charge in [-0.1, -0.05) is 18.2 Å². The quantitative estimate of drug-likeness (QED) is 0.808. The second kappa shape index (κ2) is 4.36. The highest BCUT2D eigenvalue weighted by molar-refractivity contribution is 5.73. The first kappa shape index (κ1) is 14.6. The minimum absolute atomic E-state index is 0.0572. The Bertz CT molecular complexity index is 558. The van der Waals surface area contributed by atoms with Crippen molar-refractivity contribution < 1.29 is 22.3 Å². The molecule has 0 spiro atoms. The van der Waals surface area contributed by atoms with Gasteiger partial charge in [0.25, 0.3) is 6.02 Å². The summed E-state index contributed by atoms with van der Waals surface area (Å²) < 4.78 is 57.9. The molecule has 1 aliphatic rings. The van der Waals surface area contributed by atoms with Crippen molar-refractivity contribution in [1.82, 2.24) is 0 Å². The molecule has 2 N–H and O–H groups in total. The Hall–Kier alpha value is -1.79. The molecule has 0 bridgehead atoms. The topological polar surface area (TPSA) is 47.6 Å². The molecule has 1 aromatic carbocycles. The Morgan fingerprint density at radius 1 is 1.25 bits per heavy atom. The van der Waals surface area contributed by atoms with Crippen LogP contribution in [0.3, 0.4) is 0 Å². The van der Waals surface area contributed by atoms with Crippen LogP contribution in [0.25, 0.3) is 0 Å². The molecule has 2 atom stereocenters. The van der Waals surface area contributed by atoms with Gasteiger partial charge in [0, 0.05) is 12.0 Å². The maximum absolute atomic E-state index is 13.9. The molecule has 0 aliphatic carbocycles. The van der Waals surface area contributed by atoms with E-state index in [1.807, 2.05) is 0 Å². The van der Waals surface area contributed by atoms with E-state index >= 15 is 0 Å². The second-order valence-electron chi connectivity index (χ2n) is 5.21. The van der Waals surface area contributed by atoms with Crippen LogP contribution in [0.1, 0.15) is 25.8 Å². The molecular weight excluding hydrogens is 276 g/mol. The van der Waals surface area contributed by atoms with Crippen LogP contribution in [0.15, 0.2) is 29.3 Å². The molecule has 0 unspecified atom stereocenters. The van der Waals surface area contributed by atoms with Crippen molar-refractivity contribution in [2.24, 2.45) is 10.7 Å². The maximum atomic E-state index is 13.9. The minimum Gasteiger partial charge on any atom is -0.449 e. The third kappa shape index (κ3) is 2.32. The van der Waals surface area contributed by atoms with E-state index < -0.39 is 35.6 Å².